The van der Waals surface area contributed by atoms with Crippen LogP contribution in [0.3, 0.4) is 0 Å². The molecule has 1 saturated heterocycles. The van der Waals surface area contributed by atoms with Crippen molar-refractivity contribution in [3.8, 4) is 17.2 Å². The smallest absolute Gasteiger partial charge is 0.231 e. The molecule has 162 valence electrons. The maximum atomic E-state index is 5.73. The van der Waals surface area contributed by atoms with Gasteiger partial charge in [0.1, 0.15) is 5.82 Å². The number of ether oxygens (including phenoxy) is 3. The van der Waals surface area contributed by atoms with Gasteiger partial charge in [0.15, 0.2) is 17.1 Å². The number of anilines is 3. The molecule has 1 fully saturated rings. The van der Waals surface area contributed by atoms with Crippen molar-refractivity contribution in [1.82, 2.24) is 19.7 Å². The van der Waals surface area contributed by atoms with Crippen LogP contribution in [0.25, 0.3) is 16.7 Å². The summed E-state index contributed by atoms with van der Waals surface area (Å²) in [5.74, 6) is 2.62. The molecule has 4 heterocycles. The third kappa shape index (κ3) is 3.56. The summed E-state index contributed by atoms with van der Waals surface area (Å²) in [6.07, 6.45) is 4.09. The van der Waals surface area contributed by atoms with Crippen LogP contribution in [-0.2, 0) is 4.74 Å². The van der Waals surface area contributed by atoms with Crippen molar-refractivity contribution < 1.29 is 14.2 Å². The second kappa shape index (κ2) is 8.01. The third-order valence-corrected chi connectivity index (χ3v) is 5.58. The molecule has 9 heteroatoms. The Balaban J connectivity index is 1.38. The summed E-state index contributed by atoms with van der Waals surface area (Å²) in [7, 11) is 0. The first-order chi connectivity index (χ1) is 15.8. The predicted octanol–water partition coefficient (Wildman–Crippen LogP) is 3.88. The first-order valence-corrected chi connectivity index (χ1v) is 10.7. The molecule has 2 aliphatic rings. The van der Waals surface area contributed by atoms with E-state index in [4.69, 9.17) is 24.2 Å². The summed E-state index contributed by atoms with van der Waals surface area (Å²) in [4.78, 5) is 9.51. The minimum Gasteiger partial charge on any atom is -0.454 e. The molecule has 32 heavy (non-hydrogen) atoms. The summed E-state index contributed by atoms with van der Waals surface area (Å²) >= 11 is 0. The standard InChI is InChI=1S/C23H22N6O3/c1-2-5-16(6-3-1)29-22-18(13-25-29)21(26-15-8-9-19-20(11-15)32-14-31-19)27-23(28-22)24-12-17-7-4-10-30-17/h1-3,5-6,8-9,11,13,17H,4,7,10,12,14H2,(H2,24,26,27,28)/t17-/m1/s1. The summed E-state index contributed by atoms with van der Waals surface area (Å²) in [5.41, 5.74) is 2.48. The summed E-state index contributed by atoms with van der Waals surface area (Å²) in [6, 6.07) is 15.6. The number of hydrogen-bond acceptors (Lipinski definition) is 8. The fourth-order valence-corrected chi connectivity index (χ4v) is 3.96. The quantitative estimate of drug-likeness (QED) is 0.476. The van der Waals surface area contributed by atoms with Crippen molar-refractivity contribution in [1.29, 1.82) is 0 Å². The van der Waals surface area contributed by atoms with Crippen LogP contribution in [-0.4, -0.2) is 45.8 Å². The molecular formula is C23H22N6O3. The third-order valence-electron chi connectivity index (χ3n) is 5.58. The predicted molar refractivity (Wildman–Crippen MR) is 120 cm³/mol. The zero-order valence-corrected chi connectivity index (χ0v) is 17.3. The average molecular weight is 430 g/mol. The van der Waals surface area contributed by atoms with E-state index >= 15 is 0 Å². The van der Waals surface area contributed by atoms with E-state index in [1.807, 2.05) is 53.2 Å². The number of rotatable bonds is 6. The van der Waals surface area contributed by atoms with Gasteiger partial charge in [0.05, 0.1) is 23.4 Å². The van der Waals surface area contributed by atoms with Crippen LogP contribution in [0.1, 0.15) is 12.8 Å². The lowest BCUT2D eigenvalue weighted by molar-refractivity contribution is 0.120. The lowest BCUT2D eigenvalue weighted by Gasteiger charge is -2.13. The van der Waals surface area contributed by atoms with E-state index in [0.717, 1.165) is 42.0 Å². The Hall–Kier alpha value is -3.85. The fraction of sp³-hybridized carbons (Fsp3) is 0.261. The van der Waals surface area contributed by atoms with E-state index in [-0.39, 0.29) is 12.9 Å². The van der Waals surface area contributed by atoms with Crippen LogP contribution in [0, 0.1) is 0 Å². The highest BCUT2D eigenvalue weighted by Crippen LogP contribution is 2.36. The maximum Gasteiger partial charge on any atom is 0.231 e. The van der Waals surface area contributed by atoms with Gasteiger partial charge in [-0.2, -0.15) is 15.1 Å². The summed E-state index contributed by atoms with van der Waals surface area (Å²) in [6.45, 7) is 1.70. The van der Waals surface area contributed by atoms with Crippen LogP contribution in [0.4, 0.5) is 17.5 Å². The molecule has 1 atom stereocenters. The van der Waals surface area contributed by atoms with Gasteiger partial charge in [-0.25, -0.2) is 4.68 Å². The molecule has 2 aromatic carbocycles. The highest BCUT2D eigenvalue weighted by Gasteiger charge is 2.19. The Morgan fingerprint density at radius 2 is 1.94 bits per heavy atom. The molecule has 9 nitrogen and oxygen atoms in total. The van der Waals surface area contributed by atoms with Crippen molar-refractivity contribution in [2.24, 2.45) is 0 Å². The Labute approximate surface area is 184 Å². The molecule has 0 bridgehead atoms. The number of nitrogens with one attached hydrogen (secondary N) is 2. The lowest BCUT2D eigenvalue weighted by atomic mass is 10.2. The zero-order chi connectivity index (χ0) is 21.3. The van der Waals surface area contributed by atoms with E-state index < -0.39 is 0 Å². The molecule has 0 unspecified atom stereocenters. The van der Waals surface area contributed by atoms with E-state index in [9.17, 15) is 0 Å². The van der Waals surface area contributed by atoms with Gasteiger partial charge in [-0.05, 0) is 37.1 Å². The van der Waals surface area contributed by atoms with Gasteiger partial charge in [-0.3, -0.25) is 0 Å². The molecule has 4 aromatic rings. The topological polar surface area (TPSA) is 95.4 Å². The summed E-state index contributed by atoms with van der Waals surface area (Å²) < 4.78 is 18.5. The number of fused-ring (bicyclic) bond motifs is 2. The minimum atomic E-state index is 0.179. The maximum absolute atomic E-state index is 5.73. The highest BCUT2D eigenvalue weighted by atomic mass is 16.7. The van der Waals surface area contributed by atoms with Gasteiger partial charge in [-0.15, -0.1) is 0 Å². The fourth-order valence-electron chi connectivity index (χ4n) is 3.96. The van der Waals surface area contributed by atoms with Crippen molar-refractivity contribution in [2.45, 2.75) is 18.9 Å². The molecule has 2 aliphatic heterocycles. The second-order valence-electron chi connectivity index (χ2n) is 7.73. The molecule has 0 radical (unpaired) electrons. The molecule has 6 rings (SSSR count). The van der Waals surface area contributed by atoms with Gasteiger partial charge >= 0.3 is 0 Å². The normalized spacial score (nSPS) is 17.1. The Morgan fingerprint density at radius 3 is 2.81 bits per heavy atom. The van der Waals surface area contributed by atoms with Crippen molar-refractivity contribution in [3.05, 3.63) is 54.7 Å². The second-order valence-corrected chi connectivity index (χ2v) is 7.73. The van der Waals surface area contributed by atoms with Crippen LogP contribution in [0.2, 0.25) is 0 Å². The monoisotopic (exact) mass is 430 g/mol. The van der Waals surface area contributed by atoms with E-state index in [2.05, 4.69) is 15.7 Å². The van der Waals surface area contributed by atoms with E-state index in [1.165, 1.54) is 0 Å². The van der Waals surface area contributed by atoms with Gasteiger partial charge in [-0.1, -0.05) is 18.2 Å². The van der Waals surface area contributed by atoms with E-state index in [1.54, 1.807) is 6.20 Å². The van der Waals surface area contributed by atoms with Gasteiger partial charge < -0.3 is 24.8 Å². The van der Waals surface area contributed by atoms with Crippen molar-refractivity contribution in [2.75, 3.05) is 30.6 Å². The molecule has 2 N–H and O–H groups in total. The highest BCUT2D eigenvalue weighted by molar-refractivity contribution is 5.90. The molecule has 0 saturated carbocycles. The number of benzene rings is 2. The SMILES string of the molecule is c1ccc(-n2ncc3c(Nc4ccc5c(c4)OCO5)nc(NC[C@H]4CCCO4)nc32)cc1. The largest absolute Gasteiger partial charge is 0.454 e. The number of hydrogen-bond donors (Lipinski definition) is 2. The zero-order valence-electron chi connectivity index (χ0n) is 17.3. The van der Waals surface area contributed by atoms with Gasteiger partial charge in [0.2, 0.25) is 12.7 Å². The first kappa shape index (κ1) is 18.9. The number of aromatic nitrogens is 4. The Kier molecular flexibility index (Phi) is 4.73. The average Bonchev–Trinajstić information content (AvgIpc) is 3.58. The minimum absolute atomic E-state index is 0.179. The first-order valence-electron chi connectivity index (χ1n) is 10.7. The van der Waals surface area contributed by atoms with Crippen molar-refractivity contribution >= 4 is 28.5 Å². The molecule has 0 spiro atoms. The lowest BCUT2D eigenvalue weighted by Crippen LogP contribution is -2.20. The summed E-state index contributed by atoms with van der Waals surface area (Å²) in [5, 5.41) is 12.1. The Bertz CT molecular complexity index is 1250. The molecular weight excluding hydrogens is 408 g/mol. The Morgan fingerprint density at radius 1 is 1.03 bits per heavy atom. The van der Waals surface area contributed by atoms with Crippen LogP contribution < -0.4 is 20.1 Å². The number of para-hydroxylation sites is 1. The van der Waals surface area contributed by atoms with Crippen LogP contribution in [0.15, 0.2) is 54.7 Å². The van der Waals surface area contributed by atoms with Crippen LogP contribution >= 0.6 is 0 Å². The van der Waals surface area contributed by atoms with Crippen molar-refractivity contribution in [3.63, 3.8) is 0 Å². The van der Waals surface area contributed by atoms with Gasteiger partial charge in [0.25, 0.3) is 0 Å². The number of nitrogens with zero attached hydrogens (tertiary/aromatic N) is 4. The molecule has 0 amide bonds. The van der Waals surface area contributed by atoms with Crippen LogP contribution in [0.5, 0.6) is 11.5 Å². The van der Waals surface area contributed by atoms with Gasteiger partial charge in [0, 0.05) is 24.9 Å². The molecule has 0 aliphatic carbocycles. The van der Waals surface area contributed by atoms with E-state index in [0.29, 0.717) is 29.7 Å². The molecule has 2 aromatic heterocycles.